The number of benzene rings is 1. The number of aromatic nitrogens is 2. The molecule has 3 rings (SSSR count). The van der Waals surface area contributed by atoms with Gasteiger partial charge in [0.05, 0.1) is 17.4 Å². The largest absolute Gasteiger partial charge is 0.345 e. The molecule has 0 spiro atoms. The van der Waals surface area contributed by atoms with Gasteiger partial charge in [0.2, 0.25) is 0 Å². The summed E-state index contributed by atoms with van der Waals surface area (Å²) >= 11 is 0. The van der Waals surface area contributed by atoms with Crippen LogP contribution in [-0.2, 0) is 0 Å². The number of aromatic amines is 1. The van der Waals surface area contributed by atoms with Crippen LogP contribution in [0.25, 0.3) is 11.0 Å². The first kappa shape index (κ1) is 9.85. The molecule has 3 heteroatoms. The van der Waals surface area contributed by atoms with Crippen molar-refractivity contribution in [2.45, 2.75) is 18.8 Å². The maximum Gasteiger partial charge on any atom is 0.0931 e. The fourth-order valence-electron chi connectivity index (χ4n) is 2.54. The summed E-state index contributed by atoms with van der Waals surface area (Å²) in [5.74, 6) is 0.720. The monoisotopic (exact) mass is 215 g/mol. The predicted octanol–water partition coefficient (Wildman–Crippen LogP) is 2.37. The van der Waals surface area contributed by atoms with Crippen molar-refractivity contribution in [1.82, 2.24) is 14.9 Å². The smallest absolute Gasteiger partial charge is 0.0931 e. The SMILES string of the molecule is CN1CCC(c2ccc3[nH]cnc3c2)CC1. The minimum atomic E-state index is 0.720. The Labute approximate surface area is 95.5 Å². The number of fused-ring (bicyclic) bond motifs is 1. The van der Waals surface area contributed by atoms with Crippen molar-refractivity contribution in [3.05, 3.63) is 30.1 Å². The molecule has 84 valence electrons. The van der Waals surface area contributed by atoms with Crippen molar-refractivity contribution >= 4 is 11.0 Å². The van der Waals surface area contributed by atoms with Crippen molar-refractivity contribution in [3.8, 4) is 0 Å². The number of likely N-dealkylation sites (tertiary alicyclic amines) is 1. The van der Waals surface area contributed by atoms with Crippen molar-refractivity contribution in [3.63, 3.8) is 0 Å². The summed E-state index contributed by atoms with van der Waals surface area (Å²) in [7, 11) is 2.20. The van der Waals surface area contributed by atoms with Gasteiger partial charge in [-0.05, 0) is 56.6 Å². The molecular formula is C13H17N3. The number of piperidine rings is 1. The topological polar surface area (TPSA) is 31.9 Å². The molecule has 2 aromatic rings. The summed E-state index contributed by atoms with van der Waals surface area (Å²) in [6.45, 7) is 2.42. The van der Waals surface area contributed by atoms with Gasteiger partial charge < -0.3 is 9.88 Å². The zero-order valence-electron chi connectivity index (χ0n) is 9.61. The highest BCUT2D eigenvalue weighted by atomic mass is 15.1. The van der Waals surface area contributed by atoms with E-state index in [9.17, 15) is 0 Å². The Morgan fingerprint density at radius 3 is 2.94 bits per heavy atom. The standard InChI is InChI=1S/C13H17N3/c1-16-6-4-10(5-7-16)11-2-3-12-13(8-11)15-9-14-12/h2-3,8-10H,4-7H2,1H3,(H,14,15). The number of hydrogen-bond acceptors (Lipinski definition) is 2. The average molecular weight is 215 g/mol. The van der Waals surface area contributed by atoms with E-state index in [4.69, 9.17) is 0 Å². The van der Waals surface area contributed by atoms with E-state index in [1.54, 1.807) is 6.33 Å². The molecular weight excluding hydrogens is 198 g/mol. The number of rotatable bonds is 1. The Hall–Kier alpha value is -1.35. The first-order valence-corrected chi connectivity index (χ1v) is 5.94. The van der Waals surface area contributed by atoms with E-state index in [1.165, 1.54) is 31.5 Å². The molecule has 1 fully saturated rings. The molecule has 16 heavy (non-hydrogen) atoms. The molecule has 1 saturated heterocycles. The van der Waals surface area contributed by atoms with E-state index in [2.05, 4.69) is 40.1 Å². The Balaban J connectivity index is 1.87. The maximum absolute atomic E-state index is 4.32. The lowest BCUT2D eigenvalue weighted by atomic mass is 9.89. The number of nitrogens with zero attached hydrogens (tertiary/aromatic N) is 2. The van der Waals surface area contributed by atoms with Gasteiger partial charge in [-0.15, -0.1) is 0 Å². The predicted molar refractivity (Wildman–Crippen MR) is 65.6 cm³/mol. The number of imidazole rings is 1. The van der Waals surface area contributed by atoms with Crippen LogP contribution in [0.2, 0.25) is 0 Å². The first-order chi connectivity index (χ1) is 7.83. The summed E-state index contributed by atoms with van der Waals surface area (Å²) in [6, 6.07) is 6.63. The minimum absolute atomic E-state index is 0.720. The molecule has 0 saturated carbocycles. The van der Waals surface area contributed by atoms with Crippen LogP contribution in [0.15, 0.2) is 24.5 Å². The highest BCUT2D eigenvalue weighted by molar-refractivity contribution is 5.75. The van der Waals surface area contributed by atoms with Crippen LogP contribution in [0.5, 0.6) is 0 Å². The van der Waals surface area contributed by atoms with Gasteiger partial charge in [0.25, 0.3) is 0 Å². The molecule has 0 radical (unpaired) electrons. The van der Waals surface area contributed by atoms with Crippen molar-refractivity contribution in [1.29, 1.82) is 0 Å². The lowest BCUT2D eigenvalue weighted by Gasteiger charge is -2.29. The second-order valence-electron chi connectivity index (χ2n) is 4.76. The average Bonchev–Trinajstić information content (AvgIpc) is 2.77. The van der Waals surface area contributed by atoms with Crippen LogP contribution in [0.3, 0.4) is 0 Å². The Morgan fingerprint density at radius 2 is 2.12 bits per heavy atom. The summed E-state index contributed by atoms with van der Waals surface area (Å²) < 4.78 is 0. The second kappa shape index (κ2) is 3.91. The van der Waals surface area contributed by atoms with Crippen LogP contribution in [-0.4, -0.2) is 35.0 Å². The van der Waals surface area contributed by atoms with Crippen LogP contribution in [0.4, 0.5) is 0 Å². The van der Waals surface area contributed by atoms with E-state index in [0.717, 1.165) is 17.0 Å². The number of nitrogens with one attached hydrogen (secondary N) is 1. The minimum Gasteiger partial charge on any atom is -0.345 e. The lowest BCUT2D eigenvalue weighted by Crippen LogP contribution is -2.29. The highest BCUT2D eigenvalue weighted by Crippen LogP contribution is 2.28. The van der Waals surface area contributed by atoms with E-state index in [0.29, 0.717) is 0 Å². The molecule has 1 aromatic carbocycles. The quantitative estimate of drug-likeness (QED) is 0.792. The van der Waals surface area contributed by atoms with Gasteiger partial charge >= 0.3 is 0 Å². The third-order valence-electron chi connectivity index (χ3n) is 3.64. The summed E-state index contributed by atoms with van der Waals surface area (Å²) in [5.41, 5.74) is 3.68. The Morgan fingerprint density at radius 1 is 1.31 bits per heavy atom. The van der Waals surface area contributed by atoms with Gasteiger partial charge in [-0.3, -0.25) is 0 Å². The zero-order valence-corrected chi connectivity index (χ0v) is 9.61. The summed E-state index contributed by atoms with van der Waals surface area (Å²) in [5, 5.41) is 0. The van der Waals surface area contributed by atoms with Gasteiger partial charge in [-0.25, -0.2) is 4.98 Å². The van der Waals surface area contributed by atoms with Gasteiger partial charge in [-0.1, -0.05) is 6.07 Å². The number of hydrogen-bond donors (Lipinski definition) is 1. The Kier molecular flexibility index (Phi) is 2.40. The molecule has 0 atom stereocenters. The highest BCUT2D eigenvalue weighted by Gasteiger charge is 2.18. The van der Waals surface area contributed by atoms with Gasteiger partial charge in [-0.2, -0.15) is 0 Å². The Bertz CT molecular complexity index is 481. The molecule has 1 aliphatic rings. The van der Waals surface area contributed by atoms with Gasteiger partial charge in [0.1, 0.15) is 0 Å². The van der Waals surface area contributed by atoms with E-state index < -0.39 is 0 Å². The molecule has 0 unspecified atom stereocenters. The fourth-order valence-corrected chi connectivity index (χ4v) is 2.54. The molecule has 1 aromatic heterocycles. The molecule has 2 heterocycles. The van der Waals surface area contributed by atoms with Crippen molar-refractivity contribution in [2.24, 2.45) is 0 Å². The fraction of sp³-hybridized carbons (Fsp3) is 0.462. The molecule has 0 amide bonds. The molecule has 3 nitrogen and oxygen atoms in total. The molecule has 1 aliphatic heterocycles. The van der Waals surface area contributed by atoms with Crippen molar-refractivity contribution < 1.29 is 0 Å². The third kappa shape index (κ3) is 1.71. The zero-order chi connectivity index (χ0) is 11.0. The van der Waals surface area contributed by atoms with Crippen molar-refractivity contribution in [2.75, 3.05) is 20.1 Å². The summed E-state index contributed by atoms with van der Waals surface area (Å²) in [6.07, 6.45) is 4.31. The maximum atomic E-state index is 4.32. The molecule has 1 N–H and O–H groups in total. The van der Waals surface area contributed by atoms with Gasteiger partial charge in [0.15, 0.2) is 0 Å². The van der Waals surface area contributed by atoms with E-state index in [1.807, 2.05) is 0 Å². The van der Waals surface area contributed by atoms with Crippen LogP contribution < -0.4 is 0 Å². The third-order valence-corrected chi connectivity index (χ3v) is 3.64. The molecule has 0 aliphatic carbocycles. The van der Waals surface area contributed by atoms with Crippen LogP contribution in [0.1, 0.15) is 24.3 Å². The molecule has 0 bridgehead atoms. The second-order valence-corrected chi connectivity index (χ2v) is 4.76. The van der Waals surface area contributed by atoms with E-state index >= 15 is 0 Å². The first-order valence-electron chi connectivity index (χ1n) is 5.94. The van der Waals surface area contributed by atoms with E-state index in [-0.39, 0.29) is 0 Å². The lowest BCUT2D eigenvalue weighted by molar-refractivity contribution is 0.255. The normalized spacial score (nSPS) is 19.3. The van der Waals surface area contributed by atoms with Crippen LogP contribution in [0, 0.1) is 0 Å². The van der Waals surface area contributed by atoms with Crippen LogP contribution >= 0.6 is 0 Å². The number of H-pyrrole nitrogens is 1. The summed E-state index contributed by atoms with van der Waals surface area (Å²) in [4.78, 5) is 9.87. The van der Waals surface area contributed by atoms with Gasteiger partial charge in [0, 0.05) is 0 Å².